The summed E-state index contributed by atoms with van der Waals surface area (Å²) in [6.07, 6.45) is 5.50. The summed E-state index contributed by atoms with van der Waals surface area (Å²) in [6.45, 7) is 6.51. The van der Waals surface area contributed by atoms with Crippen molar-refractivity contribution in [1.82, 2.24) is 14.5 Å². The maximum atomic E-state index is 5.04. The standard InChI is InChI=1S/C45H36N4/c1-30-15-13-23-39(46-30)32-27-33(40-24-14-16-31(2)47-40)29-45(3,28-32)49-42-26-12-10-22-38(42)43-37-21-8-7-19-35(37)36-20-9-11-25-41(36)48(44(43)49)34-17-5-4-6-18-34/h4-28H,29H2,1-3H3. The van der Waals surface area contributed by atoms with E-state index in [4.69, 9.17) is 9.97 Å². The molecule has 236 valence electrons. The lowest BCUT2D eigenvalue weighted by molar-refractivity contribution is 0.436. The number of hydrogen-bond donors (Lipinski definition) is 0. The molecule has 49 heavy (non-hydrogen) atoms. The molecule has 1 aliphatic carbocycles. The van der Waals surface area contributed by atoms with E-state index in [1.54, 1.807) is 0 Å². The number of para-hydroxylation sites is 3. The second-order valence-electron chi connectivity index (χ2n) is 13.4. The van der Waals surface area contributed by atoms with Crippen molar-refractivity contribution < 1.29 is 0 Å². The topological polar surface area (TPSA) is 34.0 Å². The van der Waals surface area contributed by atoms with Crippen LogP contribution >= 0.6 is 0 Å². The van der Waals surface area contributed by atoms with E-state index in [-0.39, 0.29) is 0 Å². The van der Waals surface area contributed by atoms with Crippen molar-refractivity contribution in [3.8, 4) is 22.3 Å². The summed E-state index contributed by atoms with van der Waals surface area (Å²) in [5, 5.41) is 1.23. The summed E-state index contributed by atoms with van der Waals surface area (Å²) in [5.74, 6) is 1.15. The van der Waals surface area contributed by atoms with Crippen LogP contribution in [0.3, 0.4) is 0 Å². The van der Waals surface area contributed by atoms with Gasteiger partial charge in [0.05, 0.1) is 28.1 Å². The third-order valence-corrected chi connectivity index (χ3v) is 9.96. The summed E-state index contributed by atoms with van der Waals surface area (Å²) in [7, 11) is 0. The van der Waals surface area contributed by atoms with Crippen molar-refractivity contribution in [1.29, 1.82) is 0 Å². The van der Waals surface area contributed by atoms with Crippen molar-refractivity contribution in [2.75, 3.05) is 4.90 Å². The van der Waals surface area contributed by atoms with E-state index in [0.717, 1.165) is 52.0 Å². The number of allylic oxidation sites excluding steroid dienone is 4. The number of fused-ring (bicyclic) bond motifs is 7. The average Bonchev–Trinajstić information content (AvgIpc) is 3.41. The minimum atomic E-state index is -0.495. The molecule has 3 aromatic heterocycles. The van der Waals surface area contributed by atoms with Gasteiger partial charge in [-0.1, -0.05) is 91.0 Å². The van der Waals surface area contributed by atoms with Crippen LogP contribution in [0.5, 0.6) is 0 Å². The van der Waals surface area contributed by atoms with Crippen LogP contribution in [-0.4, -0.2) is 14.5 Å². The summed E-state index contributed by atoms with van der Waals surface area (Å²) >= 11 is 0. The molecule has 0 fully saturated rings. The van der Waals surface area contributed by atoms with E-state index in [1.807, 2.05) is 0 Å². The molecule has 2 aliphatic rings. The third kappa shape index (κ3) is 4.75. The van der Waals surface area contributed by atoms with Crippen LogP contribution in [0, 0.1) is 13.8 Å². The van der Waals surface area contributed by atoms with Crippen LogP contribution in [-0.2, 0) is 5.54 Å². The molecule has 4 nitrogen and oxygen atoms in total. The van der Waals surface area contributed by atoms with Gasteiger partial charge in [0.25, 0.3) is 0 Å². The van der Waals surface area contributed by atoms with Crippen molar-refractivity contribution in [2.24, 2.45) is 0 Å². The van der Waals surface area contributed by atoms with Crippen LogP contribution in [0.1, 0.15) is 36.1 Å². The zero-order valence-electron chi connectivity index (χ0n) is 27.9. The van der Waals surface area contributed by atoms with Gasteiger partial charge in [0.2, 0.25) is 0 Å². The molecule has 4 aromatic carbocycles. The van der Waals surface area contributed by atoms with E-state index in [0.29, 0.717) is 0 Å². The first-order chi connectivity index (χ1) is 24.0. The Morgan fingerprint density at radius 1 is 0.592 bits per heavy atom. The summed E-state index contributed by atoms with van der Waals surface area (Å²) in [5.41, 5.74) is 14.2. The van der Waals surface area contributed by atoms with Gasteiger partial charge in [-0.3, -0.25) is 14.9 Å². The van der Waals surface area contributed by atoms with E-state index in [9.17, 15) is 0 Å². The maximum absolute atomic E-state index is 5.04. The molecule has 0 radical (unpaired) electrons. The number of rotatable bonds is 4. The summed E-state index contributed by atoms with van der Waals surface area (Å²) in [4.78, 5) is 12.5. The molecular formula is C45H36N4. The van der Waals surface area contributed by atoms with Gasteiger partial charge in [0.1, 0.15) is 5.82 Å². The molecule has 0 saturated carbocycles. The highest BCUT2D eigenvalue weighted by Crippen LogP contribution is 2.56. The fourth-order valence-electron chi connectivity index (χ4n) is 7.94. The lowest BCUT2D eigenvalue weighted by Gasteiger charge is -2.38. The van der Waals surface area contributed by atoms with Crippen molar-refractivity contribution in [3.63, 3.8) is 0 Å². The van der Waals surface area contributed by atoms with Crippen molar-refractivity contribution >= 4 is 39.2 Å². The highest BCUT2D eigenvalue weighted by molar-refractivity contribution is 6.12. The van der Waals surface area contributed by atoms with E-state index in [1.165, 1.54) is 38.7 Å². The number of benzene rings is 4. The molecule has 1 aliphatic heterocycles. The van der Waals surface area contributed by atoms with Crippen LogP contribution < -0.4 is 4.90 Å². The Morgan fingerprint density at radius 2 is 1.22 bits per heavy atom. The minimum absolute atomic E-state index is 0.495. The number of hydrogen-bond acceptors (Lipinski definition) is 3. The van der Waals surface area contributed by atoms with Gasteiger partial charge in [-0.2, -0.15) is 0 Å². The van der Waals surface area contributed by atoms with Gasteiger partial charge in [-0.25, -0.2) is 0 Å². The van der Waals surface area contributed by atoms with Gasteiger partial charge in [0, 0.05) is 40.0 Å². The SMILES string of the molecule is Cc1cccc(C2=CC(C)(n3c4c(c5ccccc53)-c3ccccc3-c3ccccc3N4c3ccccc3)CC(c3cccc(C)n3)=C2)n1. The van der Waals surface area contributed by atoms with Gasteiger partial charge < -0.3 is 4.57 Å². The zero-order valence-corrected chi connectivity index (χ0v) is 27.9. The molecule has 1 atom stereocenters. The van der Waals surface area contributed by atoms with Gasteiger partial charge in [-0.15, -0.1) is 0 Å². The Hall–Kier alpha value is -6.00. The number of anilines is 3. The number of aryl methyl sites for hydroxylation is 2. The van der Waals surface area contributed by atoms with E-state index >= 15 is 0 Å². The van der Waals surface area contributed by atoms with Gasteiger partial charge in [0.15, 0.2) is 0 Å². The van der Waals surface area contributed by atoms with Gasteiger partial charge in [-0.05, 0) is 104 Å². The molecule has 0 amide bonds. The highest BCUT2D eigenvalue weighted by atomic mass is 15.3. The first kappa shape index (κ1) is 29.2. The molecule has 0 N–H and O–H groups in total. The quantitative estimate of drug-likeness (QED) is 0.194. The minimum Gasteiger partial charge on any atom is -0.317 e. The first-order valence-corrected chi connectivity index (χ1v) is 17.0. The third-order valence-electron chi connectivity index (χ3n) is 9.96. The Labute approximate surface area is 287 Å². The number of nitrogens with zero attached hydrogens (tertiary/aromatic N) is 4. The zero-order chi connectivity index (χ0) is 33.1. The second-order valence-corrected chi connectivity index (χ2v) is 13.4. The lowest BCUT2D eigenvalue weighted by atomic mass is 9.82. The van der Waals surface area contributed by atoms with Gasteiger partial charge >= 0.3 is 0 Å². The van der Waals surface area contributed by atoms with E-state index in [2.05, 4.69) is 182 Å². The predicted octanol–water partition coefficient (Wildman–Crippen LogP) is 11.5. The molecule has 4 heterocycles. The summed E-state index contributed by atoms with van der Waals surface area (Å²) < 4.78 is 2.60. The molecule has 0 spiro atoms. The molecule has 4 heteroatoms. The molecule has 9 rings (SSSR count). The largest absolute Gasteiger partial charge is 0.317 e. The summed E-state index contributed by atoms with van der Waals surface area (Å²) in [6, 6.07) is 50.1. The van der Waals surface area contributed by atoms with E-state index < -0.39 is 5.54 Å². The first-order valence-electron chi connectivity index (χ1n) is 17.0. The van der Waals surface area contributed by atoms with Crippen molar-refractivity contribution in [2.45, 2.75) is 32.7 Å². The number of pyridine rings is 2. The Balaban J connectivity index is 1.41. The molecule has 1 unspecified atom stereocenters. The van der Waals surface area contributed by atoms with Crippen molar-refractivity contribution in [3.05, 3.63) is 174 Å². The fourth-order valence-corrected chi connectivity index (χ4v) is 7.94. The van der Waals surface area contributed by atoms with Crippen LogP contribution in [0.15, 0.2) is 152 Å². The Bertz CT molecular complexity index is 2470. The second kappa shape index (κ2) is 11.3. The Morgan fingerprint density at radius 3 is 2.00 bits per heavy atom. The number of aromatic nitrogens is 3. The Kier molecular flexibility index (Phi) is 6.73. The highest BCUT2D eigenvalue weighted by Gasteiger charge is 2.39. The normalized spacial score (nSPS) is 16.7. The van der Waals surface area contributed by atoms with Crippen LogP contribution in [0.25, 0.3) is 44.3 Å². The molecular weight excluding hydrogens is 597 g/mol. The van der Waals surface area contributed by atoms with Crippen LogP contribution in [0.2, 0.25) is 0 Å². The molecule has 0 bridgehead atoms. The lowest BCUT2D eigenvalue weighted by Crippen LogP contribution is -2.33. The molecule has 7 aromatic rings. The predicted molar refractivity (Wildman–Crippen MR) is 203 cm³/mol. The maximum Gasteiger partial charge on any atom is 0.127 e. The smallest absolute Gasteiger partial charge is 0.127 e. The fraction of sp³-hybridized carbons (Fsp3) is 0.111. The molecule has 0 saturated heterocycles. The van der Waals surface area contributed by atoms with Crippen LogP contribution in [0.4, 0.5) is 17.2 Å². The average molecular weight is 633 g/mol. The monoisotopic (exact) mass is 632 g/mol.